The lowest BCUT2D eigenvalue weighted by Gasteiger charge is -2.23. The second kappa shape index (κ2) is 8.40. The molecule has 0 radical (unpaired) electrons. The fourth-order valence-electron chi connectivity index (χ4n) is 3.23. The van der Waals surface area contributed by atoms with Gasteiger partial charge in [-0.25, -0.2) is 4.68 Å². The molecule has 0 aromatic carbocycles. The van der Waals surface area contributed by atoms with Crippen LogP contribution in [-0.2, 0) is 0 Å². The summed E-state index contributed by atoms with van der Waals surface area (Å²) < 4.78 is 1.87. The van der Waals surface area contributed by atoms with Crippen LogP contribution in [0.1, 0.15) is 61.8 Å². The number of aliphatic hydroxyl groups excluding tert-OH is 1. The predicted octanol–water partition coefficient (Wildman–Crippen LogP) is 1.04. The lowest BCUT2D eigenvalue weighted by Crippen LogP contribution is -2.36. The molecule has 0 aliphatic carbocycles. The second-order valence-electron chi connectivity index (χ2n) is 6.30. The Morgan fingerprint density at radius 1 is 1.39 bits per heavy atom. The Balaban J connectivity index is 1.96. The lowest BCUT2D eigenvalue weighted by atomic mass is 9.96. The van der Waals surface area contributed by atoms with Gasteiger partial charge in [0.05, 0.1) is 17.8 Å². The smallest absolute Gasteiger partial charge is 0.273 e. The summed E-state index contributed by atoms with van der Waals surface area (Å²) in [5, 5.41) is 24.5. The molecule has 7 nitrogen and oxygen atoms in total. The summed E-state index contributed by atoms with van der Waals surface area (Å²) >= 11 is 0. The third-order valence-corrected chi connectivity index (χ3v) is 4.86. The van der Waals surface area contributed by atoms with Crippen LogP contribution < -0.4 is 10.6 Å². The standard InChI is InChI=1S/C16H29N5O2/c1-4-12(5-2)14(22)10-18-16(23)15-11(3)21(20-19-15)13-6-8-17-9-7-13/h12-14,17,22H,4-10H2,1-3H3,(H,18,23). The molecule has 1 aromatic rings. The molecule has 1 aromatic heterocycles. The molecule has 2 rings (SSSR count). The fraction of sp³-hybridized carbons (Fsp3) is 0.812. The van der Waals surface area contributed by atoms with Crippen molar-refractivity contribution in [1.29, 1.82) is 0 Å². The van der Waals surface area contributed by atoms with Crippen LogP contribution in [-0.4, -0.2) is 51.7 Å². The van der Waals surface area contributed by atoms with Crippen LogP contribution in [0.15, 0.2) is 0 Å². The van der Waals surface area contributed by atoms with E-state index in [1.807, 2.05) is 25.5 Å². The minimum absolute atomic E-state index is 0.210. The average Bonchev–Trinajstić information content (AvgIpc) is 2.96. The first-order valence-corrected chi connectivity index (χ1v) is 8.67. The molecule has 2 heterocycles. The summed E-state index contributed by atoms with van der Waals surface area (Å²) in [5.74, 6) is -0.0468. The van der Waals surface area contributed by atoms with Crippen LogP contribution in [0.3, 0.4) is 0 Å². The molecule has 1 amide bonds. The summed E-state index contributed by atoms with van der Waals surface area (Å²) in [5.41, 5.74) is 1.16. The predicted molar refractivity (Wildman–Crippen MR) is 88.3 cm³/mol. The van der Waals surface area contributed by atoms with Gasteiger partial charge in [0.15, 0.2) is 5.69 Å². The number of nitrogens with one attached hydrogen (secondary N) is 2. The molecular weight excluding hydrogens is 294 g/mol. The first-order valence-electron chi connectivity index (χ1n) is 8.67. The number of aromatic nitrogens is 3. The number of carbonyl (C=O) groups is 1. The zero-order valence-electron chi connectivity index (χ0n) is 14.4. The maximum absolute atomic E-state index is 12.3. The maximum atomic E-state index is 12.3. The molecule has 0 saturated carbocycles. The summed E-state index contributed by atoms with van der Waals surface area (Å²) in [6.45, 7) is 8.17. The van der Waals surface area contributed by atoms with E-state index in [1.54, 1.807) is 0 Å². The molecule has 1 unspecified atom stereocenters. The Morgan fingerprint density at radius 2 is 2.04 bits per heavy atom. The molecule has 23 heavy (non-hydrogen) atoms. The van der Waals surface area contributed by atoms with Gasteiger partial charge in [0.1, 0.15) is 0 Å². The second-order valence-corrected chi connectivity index (χ2v) is 6.30. The first kappa shape index (κ1) is 17.9. The number of aliphatic hydroxyl groups is 1. The molecule has 130 valence electrons. The first-order chi connectivity index (χ1) is 11.1. The Morgan fingerprint density at radius 3 is 2.65 bits per heavy atom. The van der Waals surface area contributed by atoms with E-state index in [9.17, 15) is 9.90 Å². The van der Waals surface area contributed by atoms with Crippen molar-refractivity contribution in [1.82, 2.24) is 25.6 Å². The quantitative estimate of drug-likeness (QED) is 0.697. The molecule has 3 N–H and O–H groups in total. The van der Waals surface area contributed by atoms with E-state index in [0.717, 1.165) is 44.5 Å². The molecule has 0 bridgehead atoms. The lowest BCUT2D eigenvalue weighted by molar-refractivity contribution is 0.0812. The average molecular weight is 323 g/mol. The number of carbonyl (C=O) groups excluding carboxylic acids is 1. The van der Waals surface area contributed by atoms with Gasteiger partial charge in [0, 0.05) is 6.54 Å². The number of rotatable bonds is 7. The summed E-state index contributed by atoms with van der Waals surface area (Å²) in [4.78, 5) is 12.3. The summed E-state index contributed by atoms with van der Waals surface area (Å²) in [6, 6.07) is 0.306. The van der Waals surface area contributed by atoms with Crippen LogP contribution in [0.4, 0.5) is 0 Å². The molecular formula is C16H29N5O2. The van der Waals surface area contributed by atoms with Gasteiger partial charge < -0.3 is 15.7 Å². The monoisotopic (exact) mass is 323 g/mol. The largest absolute Gasteiger partial charge is 0.391 e. The zero-order chi connectivity index (χ0) is 16.8. The number of amides is 1. The van der Waals surface area contributed by atoms with E-state index >= 15 is 0 Å². The SMILES string of the molecule is CCC(CC)C(O)CNC(=O)c1nnn(C2CCNCC2)c1C. The highest BCUT2D eigenvalue weighted by Crippen LogP contribution is 2.20. The van der Waals surface area contributed by atoms with Gasteiger partial charge >= 0.3 is 0 Å². The summed E-state index contributed by atoms with van der Waals surface area (Å²) in [6.07, 6.45) is 3.28. The molecule has 7 heteroatoms. The molecule has 1 atom stereocenters. The van der Waals surface area contributed by atoms with E-state index in [0.29, 0.717) is 11.7 Å². The van der Waals surface area contributed by atoms with Crippen LogP contribution in [0.5, 0.6) is 0 Å². The van der Waals surface area contributed by atoms with Crippen LogP contribution in [0, 0.1) is 12.8 Å². The molecule has 1 aliphatic rings. The molecule has 1 fully saturated rings. The number of hydrogen-bond donors (Lipinski definition) is 3. The van der Waals surface area contributed by atoms with Crippen molar-refractivity contribution in [3.8, 4) is 0 Å². The third kappa shape index (κ3) is 4.29. The van der Waals surface area contributed by atoms with Gasteiger partial charge in [-0.3, -0.25) is 4.79 Å². The van der Waals surface area contributed by atoms with Gasteiger partial charge in [-0.1, -0.05) is 31.9 Å². The van der Waals surface area contributed by atoms with E-state index in [4.69, 9.17) is 0 Å². The van der Waals surface area contributed by atoms with Crippen molar-refractivity contribution in [2.45, 2.75) is 58.6 Å². The Hall–Kier alpha value is -1.47. The highest BCUT2D eigenvalue weighted by atomic mass is 16.3. The van der Waals surface area contributed by atoms with Gasteiger partial charge in [0.2, 0.25) is 0 Å². The van der Waals surface area contributed by atoms with E-state index in [2.05, 4.69) is 20.9 Å². The summed E-state index contributed by atoms with van der Waals surface area (Å²) in [7, 11) is 0. The molecule has 1 saturated heterocycles. The van der Waals surface area contributed by atoms with Crippen LogP contribution in [0.2, 0.25) is 0 Å². The Bertz CT molecular complexity index is 507. The van der Waals surface area contributed by atoms with Gasteiger partial charge in [-0.15, -0.1) is 5.10 Å². The molecule has 0 spiro atoms. The van der Waals surface area contributed by atoms with Crippen molar-refractivity contribution in [3.63, 3.8) is 0 Å². The minimum Gasteiger partial charge on any atom is -0.391 e. The van der Waals surface area contributed by atoms with Crippen molar-refractivity contribution >= 4 is 5.91 Å². The van der Waals surface area contributed by atoms with Crippen molar-refractivity contribution < 1.29 is 9.90 Å². The van der Waals surface area contributed by atoms with Crippen LogP contribution in [0.25, 0.3) is 0 Å². The van der Waals surface area contributed by atoms with Crippen molar-refractivity contribution in [2.75, 3.05) is 19.6 Å². The van der Waals surface area contributed by atoms with Gasteiger partial charge in [-0.2, -0.15) is 0 Å². The Kier molecular flexibility index (Phi) is 6.53. The van der Waals surface area contributed by atoms with Crippen molar-refractivity contribution in [3.05, 3.63) is 11.4 Å². The number of nitrogens with zero attached hydrogens (tertiary/aromatic N) is 3. The van der Waals surface area contributed by atoms with Crippen LogP contribution >= 0.6 is 0 Å². The highest BCUT2D eigenvalue weighted by Gasteiger charge is 2.23. The van der Waals surface area contributed by atoms with E-state index in [-0.39, 0.29) is 18.4 Å². The highest BCUT2D eigenvalue weighted by molar-refractivity contribution is 5.93. The minimum atomic E-state index is -0.520. The topological polar surface area (TPSA) is 92.1 Å². The normalized spacial score (nSPS) is 17.4. The van der Waals surface area contributed by atoms with E-state index in [1.165, 1.54) is 0 Å². The number of hydrogen-bond acceptors (Lipinski definition) is 5. The van der Waals surface area contributed by atoms with Crippen molar-refractivity contribution in [2.24, 2.45) is 5.92 Å². The van der Waals surface area contributed by atoms with Gasteiger partial charge in [-0.05, 0) is 38.8 Å². The van der Waals surface area contributed by atoms with Gasteiger partial charge in [0.25, 0.3) is 5.91 Å². The number of piperidine rings is 1. The maximum Gasteiger partial charge on any atom is 0.273 e. The third-order valence-electron chi connectivity index (χ3n) is 4.86. The molecule has 1 aliphatic heterocycles. The Labute approximate surface area is 137 Å². The zero-order valence-corrected chi connectivity index (χ0v) is 14.4. The fourth-order valence-corrected chi connectivity index (χ4v) is 3.23. The van der Waals surface area contributed by atoms with E-state index < -0.39 is 6.10 Å².